The number of nitrogens with zero attached hydrogens (tertiary/aromatic N) is 1. The van der Waals surface area contributed by atoms with Gasteiger partial charge in [0, 0.05) is 6.54 Å². The van der Waals surface area contributed by atoms with E-state index in [1.54, 1.807) is 4.90 Å². The number of imide groups is 1. The van der Waals surface area contributed by atoms with Crippen LogP contribution in [-0.4, -0.2) is 23.3 Å². The zero-order valence-electron chi connectivity index (χ0n) is 11.5. The molecule has 1 saturated heterocycles. The summed E-state index contributed by atoms with van der Waals surface area (Å²) < 4.78 is 0. The predicted molar refractivity (Wildman–Crippen MR) is 71.1 cm³/mol. The number of carbonyl (C=O) groups is 2. The maximum absolute atomic E-state index is 12.6. The highest BCUT2D eigenvalue weighted by molar-refractivity contribution is 6.06. The number of carbonyl (C=O) groups excluding carboxylic acids is 2. The molecule has 2 amide bonds. The molecule has 1 heterocycles. The van der Waals surface area contributed by atoms with Gasteiger partial charge in [0.2, 0.25) is 11.8 Å². The van der Waals surface area contributed by atoms with Crippen molar-refractivity contribution in [3.05, 3.63) is 0 Å². The Morgan fingerprint density at radius 3 is 2.00 bits per heavy atom. The quantitative estimate of drug-likeness (QED) is 0.716. The minimum atomic E-state index is 0.0786. The number of rotatable bonds is 2. The van der Waals surface area contributed by atoms with E-state index in [9.17, 15) is 9.59 Å². The van der Waals surface area contributed by atoms with Gasteiger partial charge in [0.25, 0.3) is 0 Å². The first-order valence-corrected chi connectivity index (χ1v) is 8.11. The van der Waals surface area contributed by atoms with E-state index >= 15 is 0 Å². The van der Waals surface area contributed by atoms with Crippen LogP contribution in [0.15, 0.2) is 0 Å². The first kappa shape index (κ1) is 11.9. The molecular formula is C16H23NO2. The van der Waals surface area contributed by atoms with Crippen molar-refractivity contribution in [1.29, 1.82) is 0 Å². The Bertz CT molecular complexity index is 385. The van der Waals surface area contributed by atoms with Crippen molar-refractivity contribution >= 4 is 11.8 Å². The highest BCUT2D eigenvalue weighted by atomic mass is 16.2. The summed E-state index contributed by atoms with van der Waals surface area (Å²) in [6.45, 7) is 0.726. The van der Waals surface area contributed by atoms with Gasteiger partial charge in [-0.3, -0.25) is 14.5 Å². The van der Waals surface area contributed by atoms with Gasteiger partial charge in [-0.1, -0.05) is 19.3 Å². The van der Waals surface area contributed by atoms with Crippen molar-refractivity contribution < 1.29 is 9.59 Å². The lowest BCUT2D eigenvalue weighted by Gasteiger charge is -2.26. The standard InChI is InChI=1S/C16H23NO2/c18-15-13-11-6-7-12(8-11)14(13)16(19)17(15)9-10-4-2-1-3-5-10/h10-14H,1-9H2/t11-,12?,13?,14-/m0/s1. The van der Waals surface area contributed by atoms with E-state index in [1.165, 1.54) is 44.9 Å². The van der Waals surface area contributed by atoms with Crippen LogP contribution in [0, 0.1) is 29.6 Å². The molecule has 0 aromatic heterocycles. The maximum Gasteiger partial charge on any atom is 0.233 e. The highest BCUT2D eigenvalue weighted by Crippen LogP contribution is 2.56. The summed E-state index contributed by atoms with van der Waals surface area (Å²) in [4.78, 5) is 26.8. The smallest absolute Gasteiger partial charge is 0.233 e. The SMILES string of the molecule is O=C1C2[C@H]3CCC(C3)[C@@H]2C(=O)N1CC1CCCCC1. The molecule has 3 heteroatoms. The van der Waals surface area contributed by atoms with E-state index in [2.05, 4.69) is 0 Å². The largest absolute Gasteiger partial charge is 0.282 e. The van der Waals surface area contributed by atoms with Gasteiger partial charge in [0.15, 0.2) is 0 Å². The van der Waals surface area contributed by atoms with Crippen LogP contribution in [0.1, 0.15) is 51.4 Å². The minimum Gasteiger partial charge on any atom is -0.282 e. The molecular weight excluding hydrogens is 238 g/mol. The third-order valence-electron chi connectivity index (χ3n) is 6.18. The average molecular weight is 261 g/mol. The van der Waals surface area contributed by atoms with Crippen molar-refractivity contribution in [1.82, 2.24) is 4.90 Å². The van der Waals surface area contributed by atoms with Crippen molar-refractivity contribution in [3.8, 4) is 0 Å². The van der Waals surface area contributed by atoms with Crippen LogP contribution in [0.25, 0.3) is 0 Å². The summed E-state index contributed by atoms with van der Waals surface area (Å²) in [6.07, 6.45) is 9.80. The summed E-state index contributed by atoms with van der Waals surface area (Å²) in [6, 6.07) is 0. The molecule has 4 atom stereocenters. The van der Waals surface area contributed by atoms with Crippen LogP contribution in [0.4, 0.5) is 0 Å². The summed E-state index contributed by atoms with van der Waals surface area (Å²) in [5.41, 5.74) is 0. The zero-order valence-corrected chi connectivity index (χ0v) is 11.5. The molecule has 4 fully saturated rings. The lowest BCUT2D eigenvalue weighted by atomic mass is 9.81. The first-order valence-electron chi connectivity index (χ1n) is 8.11. The lowest BCUT2D eigenvalue weighted by Crippen LogP contribution is -2.37. The second-order valence-corrected chi connectivity index (χ2v) is 7.18. The molecule has 1 aliphatic heterocycles. The van der Waals surface area contributed by atoms with Crippen LogP contribution in [0.3, 0.4) is 0 Å². The van der Waals surface area contributed by atoms with E-state index in [0.717, 1.165) is 13.0 Å². The van der Waals surface area contributed by atoms with Crippen LogP contribution in [-0.2, 0) is 9.59 Å². The van der Waals surface area contributed by atoms with Gasteiger partial charge in [-0.25, -0.2) is 0 Å². The normalized spacial score (nSPS) is 42.2. The van der Waals surface area contributed by atoms with E-state index in [4.69, 9.17) is 0 Å². The first-order chi connectivity index (χ1) is 9.25. The van der Waals surface area contributed by atoms with Crippen molar-refractivity contribution in [2.24, 2.45) is 29.6 Å². The Morgan fingerprint density at radius 2 is 1.42 bits per heavy atom. The molecule has 104 valence electrons. The van der Waals surface area contributed by atoms with E-state index in [-0.39, 0.29) is 23.7 Å². The monoisotopic (exact) mass is 261 g/mol. The Kier molecular flexibility index (Phi) is 2.71. The number of amides is 2. The fraction of sp³-hybridized carbons (Fsp3) is 0.875. The van der Waals surface area contributed by atoms with E-state index in [0.29, 0.717) is 17.8 Å². The Morgan fingerprint density at radius 1 is 0.842 bits per heavy atom. The van der Waals surface area contributed by atoms with E-state index in [1.807, 2.05) is 0 Å². The highest BCUT2D eigenvalue weighted by Gasteiger charge is 2.60. The zero-order chi connectivity index (χ0) is 13.0. The van der Waals surface area contributed by atoms with Gasteiger partial charge in [0.1, 0.15) is 0 Å². The molecule has 0 N–H and O–H groups in total. The van der Waals surface area contributed by atoms with E-state index < -0.39 is 0 Å². The molecule has 2 bridgehead atoms. The van der Waals surface area contributed by atoms with Gasteiger partial charge in [-0.05, 0) is 49.9 Å². The fourth-order valence-corrected chi connectivity index (χ4v) is 5.28. The second kappa shape index (κ2) is 4.32. The summed E-state index contributed by atoms with van der Waals surface area (Å²) in [5, 5.41) is 0. The molecule has 0 aromatic carbocycles. The van der Waals surface area contributed by atoms with Gasteiger partial charge in [-0.15, -0.1) is 0 Å². The molecule has 2 unspecified atom stereocenters. The van der Waals surface area contributed by atoms with Gasteiger partial charge in [-0.2, -0.15) is 0 Å². The second-order valence-electron chi connectivity index (χ2n) is 7.18. The van der Waals surface area contributed by atoms with Crippen LogP contribution in [0.5, 0.6) is 0 Å². The summed E-state index contributed by atoms with van der Waals surface area (Å²) in [5.74, 6) is 2.17. The molecule has 4 aliphatic rings. The number of hydrogen-bond acceptors (Lipinski definition) is 2. The van der Waals surface area contributed by atoms with Crippen LogP contribution < -0.4 is 0 Å². The topological polar surface area (TPSA) is 37.4 Å². The molecule has 3 saturated carbocycles. The third-order valence-corrected chi connectivity index (χ3v) is 6.18. The van der Waals surface area contributed by atoms with Crippen LogP contribution >= 0.6 is 0 Å². The Balaban J connectivity index is 1.51. The Labute approximate surface area is 114 Å². The van der Waals surface area contributed by atoms with Gasteiger partial charge < -0.3 is 0 Å². The predicted octanol–water partition coefficient (Wildman–Crippen LogP) is 2.60. The molecule has 3 nitrogen and oxygen atoms in total. The number of likely N-dealkylation sites (tertiary alicyclic amines) is 1. The number of hydrogen-bond donors (Lipinski definition) is 0. The average Bonchev–Trinajstić information content (AvgIpc) is 3.10. The third kappa shape index (κ3) is 1.70. The molecule has 3 aliphatic carbocycles. The fourth-order valence-electron chi connectivity index (χ4n) is 5.28. The van der Waals surface area contributed by atoms with Crippen molar-refractivity contribution in [2.45, 2.75) is 51.4 Å². The van der Waals surface area contributed by atoms with Gasteiger partial charge in [0.05, 0.1) is 11.8 Å². The van der Waals surface area contributed by atoms with Crippen molar-refractivity contribution in [2.75, 3.05) is 6.54 Å². The molecule has 0 aromatic rings. The summed E-state index contributed by atoms with van der Waals surface area (Å²) in [7, 11) is 0. The van der Waals surface area contributed by atoms with Gasteiger partial charge >= 0.3 is 0 Å². The lowest BCUT2D eigenvalue weighted by molar-refractivity contribution is -0.141. The minimum absolute atomic E-state index is 0.0786. The molecule has 19 heavy (non-hydrogen) atoms. The number of fused-ring (bicyclic) bond motifs is 5. The molecule has 0 radical (unpaired) electrons. The maximum atomic E-state index is 12.6. The van der Waals surface area contributed by atoms with Crippen molar-refractivity contribution in [3.63, 3.8) is 0 Å². The molecule has 4 rings (SSSR count). The Hall–Kier alpha value is -0.860. The van der Waals surface area contributed by atoms with Crippen LogP contribution in [0.2, 0.25) is 0 Å². The molecule has 0 spiro atoms. The summed E-state index contributed by atoms with van der Waals surface area (Å²) >= 11 is 0.